The topological polar surface area (TPSA) is 78.5 Å². The molecule has 1 aliphatic carbocycles. The van der Waals surface area contributed by atoms with Gasteiger partial charge in [-0.3, -0.25) is 14.2 Å². The minimum Gasteiger partial charge on any atom is -0.459 e. The lowest BCUT2D eigenvalue weighted by atomic mass is 10.2. The molecule has 4 rings (SSSR count). The van der Waals surface area contributed by atoms with E-state index in [0.717, 1.165) is 18.5 Å². The molecule has 0 atom stereocenters. The van der Waals surface area contributed by atoms with Crippen LogP contribution in [0, 0.1) is 0 Å². The summed E-state index contributed by atoms with van der Waals surface area (Å²) in [6, 6.07) is 3.62. The Balaban J connectivity index is 1.90. The van der Waals surface area contributed by atoms with E-state index >= 15 is 0 Å². The molecule has 3 aromatic rings. The first-order valence-corrected chi connectivity index (χ1v) is 8.91. The van der Waals surface area contributed by atoms with Gasteiger partial charge in [-0.2, -0.15) is 9.61 Å². The van der Waals surface area contributed by atoms with Crippen LogP contribution in [-0.2, 0) is 16.1 Å². The number of ether oxygens (including phenoxy) is 1. The summed E-state index contributed by atoms with van der Waals surface area (Å²) in [5.74, 6) is -0.0645. The Bertz CT molecular complexity index is 1090. The third kappa shape index (κ3) is 2.96. The smallest absolute Gasteiger partial charge is 0.326 e. The number of rotatable bonds is 3. The largest absolute Gasteiger partial charge is 0.459 e. The fraction of sp³-hybridized carbons (Fsp3) is 0.444. The summed E-state index contributed by atoms with van der Waals surface area (Å²) in [5, 5.41) is 4.94. The summed E-state index contributed by atoms with van der Waals surface area (Å²) in [4.78, 5) is 29.9. The van der Waals surface area contributed by atoms with Crippen molar-refractivity contribution in [3.8, 4) is 0 Å². The van der Waals surface area contributed by atoms with Gasteiger partial charge in [0, 0.05) is 11.6 Å². The quantitative estimate of drug-likeness (QED) is 0.658. The summed E-state index contributed by atoms with van der Waals surface area (Å²) >= 11 is 6.26. The van der Waals surface area contributed by atoms with Crippen molar-refractivity contribution in [1.29, 1.82) is 0 Å². The predicted molar refractivity (Wildman–Crippen MR) is 97.6 cm³/mol. The molecule has 0 N–H and O–H groups in total. The average Bonchev–Trinajstić information content (AvgIpc) is 3.32. The van der Waals surface area contributed by atoms with E-state index in [9.17, 15) is 9.59 Å². The molecular formula is C18H19ClN4O3. The first kappa shape index (κ1) is 17.0. The second-order valence-electron chi connectivity index (χ2n) is 7.59. The van der Waals surface area contributed by atoms with E-state index in [-0.39, 0.29) is 17.1 Å². The number of carbonyl (C=O) groups is 1. The van der Waals surface area contributed by atoms with Crippen LogP contribution in [0.25, 0.3) is 16.7 Å². The molecule has 0 aliphatic heterocycles. The van der Waals surface area contributed by atoms with Gasteiger partial charge in [0.1, 0.15) is 17.2 Å². The van der Waals surface area contributed by atoms with Gasteiger partial charge in [0.25, 0.3) is 5.56 Å². The molecule has 1 aliphatic rings. The summed E-state index contributed by atoms with van der Waals surface area (Å²) in [5.41, 5.74) is 0.779. The van der Waals surface area contributed by atoms with E-state index in [1.165, 1.54) is 15.3 Å². The van der Waals surface area contributed by atoms with Crippen LogP contribution < -0.4 is 5.56 Å². The summed E-state index contributed by atoms with van der Waals surface area (Å²) < 4.78 is 8.16. The zero-order chi connectivity index (χ0) is 18.6. The molecule has 0 saturated heterocycles. The minimum absolute atomic E-state index is 0.245. The summed E-state index contributed by atoms with van der Waals surface area (Å²) in [7, 11) is 0. The maximum absolute atomic E-state index is 13.0. The molecule has 3 aromatic heterocycles. The van der Waals surface area contributed by atoms with Gasteiger partial charge in [0.15, 0.2) is 11.3 Å². The molecule has 1 fully saturated rings. The lowest BCUT2D eigenvalue weighted by Crippen LogP contribution is -2.31. The molecule has 136 valence electrons. The zero-order valence-electron chi connectivity index (χ0n) is 14.8. The highest BCUT2D eigenvalue weighted by molar-refractivity contribution is 6.33. The van der Waals surface area contributed by atoms with E-state index in [2.05, 4.69) is 10.1 Å². The van der Waals surface area contributed by atoms with Gasteiger partial charge in [-0.1, -0.05) is 11.6 Å². The Morgan fingerprint density at radius 3 is 2.73 bits per heavy atom. The molecular weight excluding hydrogens is 356 g/mol. The average molecular weight is 375 g/mol. The van der Waals surface area contributed by atoms with Crippen LogP contribution in [0.3, 0.4) is 0 Å². The van der Waals surface area contributed by atoms with Crippen molar-refractivity contribution in [2.24, 2.45) is 0 Å². The fourth-order valence-electron chi connectivity index (χ4n) is 3.01. The Morgan fingerprint density at radius 1 is 1.35 bits per heavy atom. The van der Waals surface area contributed by atoms with Crippen LogP contribution in [0.15, 0.2) is 23.1 Å². The number of halogens is 1. The van der Waals surface area contributed by atoms with Crippen LogP contribution in [-0.4, -0.2) is 30.7 Å². The van der Waals surface area contributed by atoms with Crippen molar-refractivity contribution < 1.29 is 9.53 Å². The Morgan fingerprint density at radius 2 is 2.08 bits per heavy atom. The maximum Gasteiger partial charge on any atom is 0.326 e. The highest BCUT2D eigenvalue weighted by Gasteiger charge is 2.27. The van der Waals surface area contributed by atoms with Crippen molar-refractivity contribution in [3.63, 3.8) is 0 Å². The number of esters is 1. The van der Waals surface area contributed by atoms with E-state index in [4.69, 9.17) is 16.3 Å². The number of carbonyl (C=O) groups excluding carboxylic acids is 1. The minimum atomic E-state index is -0.640. The molecule has 0 bridgehead atoms. The van der Waals surface area contributed by atoms with Crippen LogP contribution in [0.2, 0.25) is 5.02 Å². The normalized spacial score (nSPS) is 14.9. The number of hydrogen-bond donors (Lipinski definition) is 0. The third-order valence-corrected chi connectivity index (χ3v) is 4.50. The second kappa shape index (κ2) is 5.81. The predicted octanol–water partition coefficient (Wildman–Crippen LogP) is 2.92. The number of pyridine rings is 1. The molecule has 26 heavy (non-hydrogen) atoms. The number of hydrogen-bond acceptors (Lipinski definition) is 5. The van der Waals surface area contributed by atoms with Gasteiger partial charge in [0.2, 0.25) is 0 Å². The Hall–Kier alpha value is -2.41. The third-order valence-electron chi connectivity index (χ3n) is 4.23. The molecule has 0 radical (unpaired) electrons. The van der Waals surface area contributed by atoms with E-state index in [1.807, 2.05) is 6.07 Å². The van der Waals surface area contributed by atoms with Gasteiger partial charge >= 0.3 is 5.97 Å². The van der Waals surface area contributed by atoms with Crippen molar-refractivity contribution in [2.75, 3.05) is 0 Å². The molecule has 0 unspecified atom stereocenters. The lowest BCUT2D eigenvalue weighted by molar-refractivity contribution is -0.155. The molecule has 8 heteroatoms. The zero-order valence-corrected chi connectivity index (χ0v) is 15.6. The van der Waals surface area contributed by atoms with E-state index in [0.29, 0.717) is 22.6 Å². The molecule has 3 heterocycles. The maximum atomic E-state index is 13.0. The second-order valence-corrected chi connectivity index (χ2v) is 7.99. The van der Waals surface area contributed by atoms with Gasteiger partial charge in [0.05, 0.1) is 11.6 Å². The monoisotopic (exact) mass is 374 g/mol. The fourth-order valence-corrected chi connectivity index (χ4v) is 3.24. The van der Waals surface area contributed by atoms with Crippen LogP contribution >= 0.6 is 11.6 Å². The molecule has 0 aromatic carbocycles. The van der Waals surface area contributed by atoms with Crippen molar-refractivity contribution in [1.82, 2.24) is 19.2 Å². The van der Waals surface area contributed by atoms with Gasteiger partial charge < -0.3 is 4.74 Å². The molecule has 7 nitrogen and oxygen atoms in total. The lowest BCUT2D eigenvalue weighted by Gasteiger charge is -2.20. The summed E-state index contributed by atoms with van der Waals surface area (Å²) in [6.45, 7) is 5.09. The highest BCUT2D eigenvalue weighted by Crippen LogP contribution is 2.39. The van der Waals surface area contributed by atoms with E-state index in [1.54, 1.807) is 26.8 Å². The van der Waals surface area contributed by atoms with Crippen molar-refractivity contribution >= 4 is 34.3 Å². The number of nitrogens with zero attached hydrogens (tertiary/aromatic N) is 4. The van der Waals surface area contributed by atoms with Gasteiger partial charge in [-0.15, -0.1) is 0 Å². The van der Waals surface area contributed by atoms with E-state index < -0.39 is 11.6 Å². The molecule has 1 saturated carbocycles. The van der Waals surface area contributed by atoms with Crippen LogP contribution in [0.4, 0.5) is 0 Å². The Kier molecular flexibility index (Phi) is 3.80. The number of fused-ring (bicyclic) bond motifs is 3. The van der Waals surface area contributed by atoms with Crippen LogP contribution in [0.1, 0.15) is 45.2 Å². The van der Waals surface area contributed by atoms with Gasteiger partial charge in [-0.05, 0) is 45.7 Å². The van der Waals surface area contributed by atoms with Crippen molar-refractivity contribution in [3.05, 3.63) is 39.4 Å². The molecule has 0 spiro atoms. The first-order valence-electron chi connectivity index (χ1n) is 8.53. The standard InChI is InChI=1S/C18H19ClN4O3/c1-18(2,3)26-14(24)9-22-16-12(19)8-20-23(16)15-11(17(22)25)6-7-13(21-15)10-4-5-10/h6-8,10H,4-5,9H2,1-3H3. The Labute approximate surface area is 154 Å². The molecule has 0 amide bonds. The van der Waals surface area contributed by atoms with Crippen molar-refractivity contribution in [2.45, 2.75) is 51.7 Å². The van der Waals surface area contributed by atoms with Gasteiger partial charge in [-0.25, -0.2) is 4.98 Å². The first-order chi connectivity index (χ1) is 12.2. The summed E-state index contributed by atoms with van der Waals surface area (Å²) in [6.07, 6.45) is 3.67. The van der Waals surface area contributed by atoms with Crippen LogP contribution in [0.5, 0.6) is 0 Å². The highest BCUT2D eigenvalue weighted by atomic mass is 35.5. The number of aromatic nitrogens is 4. The SMILES string of the molecule is CC(C)(C)OC(=O)Cn1c(=O)c2ccc(C3CC3)nc2n2ncc(Cl)c12.